The van der Waals surface area contributed by atoms with E-state index in [1.165, 1.54) is 12.1 Å². The lowest BCUT2D eigenvalue weighted by Gasteiger charge is -2.11. The van der Waals surface area contributed by atoms with Crippen LogP contribution in [0.1, 0.15) is 32.7 Å². The van der Waals surface area contributed by atoms with E-state index in [1.807, 2.05) is 38.1 Å². The van der Waals surface area contributed by atoms with E-state index in [0.717, 1.165) is 27.8 Å². The van der Waals surface area contributed by atoms with Crippen LogP contribution in [-0.4, -0.2) is 10.9 Å². The normalized spacial score (nSPS) is 10.8. The Bertz CT molecular complexity index is 1040. The molecule has 6 heteroatoms. The van der Waals surface area contributed by atoms with E-state index in [9.17, 15) is 9.18 Å². The fourth-order valence-corrected chi connectivity index (χ4v) is 3.36. The molecular weight excluding hydrogens is 443 g/mol. The quantitative estimate of drug-likeness (QED) is 0.475. The number of hydrogen-bond acceptors (Lipinski definition) is 2. The molecular formula is C22H19BrClFN2O. The van der Waals surface area contributed by atoms with Crippen molar-refractivity contribution >= 4 is 33.4 Å². The number of aromatic nitrogens is 1. The monoisotopic (exact) mass is 460 g/mol. The van der Waals surface area contributed by atoms with Crippen molar-refractivity contribution in [3.63, 3.8) is 0 Å². The van der Waals surface area contributed by atoms with Crippen molar-refractivity contribution in [3.05, 3.63) is 87.3 Å². The van der Waals surface area contributed by atoms with Gasteiger partial charge in [-0.3, -0.25) is 4.79 Å². The Kier molecular flexibility index (Phi) is 6.47. The number of pyridine rings is 1. The highest BCUT2D eigenvalue weighted by Gasteiger charge is 2.13. The first-order valence-electron chi connectivity index (χ1n) is 8.74. The van der Waals surface area contributed by atoms with E-state index < -0.39 is 0 Å². The largest absolute Gasteiger partial charge is 0.347 e. The highest BCUT2D eigenvalue weighted by molar-refractivity contribution is 9.08. The van der Waals surface area contributed by atoms with Crippen molar-refractivity contribution in [1.29, 1.82) is 0 Å². The smallest absolute Gasteiger partial charge is 0.270 e. The van der Waals surface area contributed by atoms with Crippen molar-refractivity contribution in [2.75, 3.05) is 0 Å². The Labute approximate surface area is 177 Å². The maximum Gasteiger partial charge on any atom is 0.270 e. The Morgan fingerprint density at radius 1 is 1.07 bits per heavy atom. The second kappa shape index (κ2) is 8.84. The van der Waals surface area contributed by atoms with Crippen LogP contribution in [0.15, 0.2) is 48.5 Å². The van der Waals surface area contributed by atoms with E-state index >= 15 is 0 Å². The van der Waals surface area contributed by atoms with Gasteiger partial charge >= 0.3 is 0 Å². The molecule has 144 valence electrons. The number of amides is 1. The van der Waals surface area contributed by atoms with Crippen LogP contribution in [0.4, 0.5) is 4.39 Å². The summed E-state index contributed by atoms with van der Waals surface area (Å²) in [6.45, 7) is 4.12. The molecule has 28 heavy (non-hydrogen) atoms. The van der Waals surface area contributed by atoms with Crippen LogP contribution in [0, 0.1) is 19.7 Å². The second-order valence-corrected chi connectivity index (χ2v) is 7.57. The van der Waals surface area contributed by atoms with Gasteiger partial charge in [-0.25, -0.2) is 9.37 Å². The number of rotatable bonds is 5. The minimum Gasteiger partial charge on any atom is -0.347 e. The average Bonchev–Trinajstić information content (AvgIpc) is 2.68. The fourth-order valence-electron chi connectivity index (χ4n) is 2.92. The van der Waals surface area contributed by atoms with Crippen LogP contribution < -0.4 is 5.32 Å². The third-order valence-electron chi connectivity index (χ3n) is 4.41. The van der Waals surface area contributed by atoms with Gasteiger partial charge in [-0.1, -0.05) is 39.7 Å². The van der Waals surface area contributed by atoms with E-state index in [-0.39, 0.29) is 11.7 Å². The highest BCUT2D eigenvalue weighted by atomic mass is 79.9. The molecule has 1 N–H and O–H groups in total. The molecule has 2 aromatic carbocycles. The molecule has 1 amide bonds. The lowest BCUT2D eigenvalue weighted by Crippen LogP contribution is -2.24. The van der Waals surface area contributed by atoms with Crippen LogP contribution in [0.5, 0.6) is 0 Å². The third kappa shape index (κ3) is 4.78. The summed E-state index contributed by atoms with van der Waals surface area (Å²) < 4.78 is 13.4. The van der Waals surface area contributed by atoms with E-state index in [0.29, 0.717) is 28.3 Å². The molecule has 0 aliphatic rings. The van der Waals surface area contributed by atoms with Gasteiger partial charge in [-0.15, -0.1) is 0 Å². The lowest BCUT2D eigenvalue weighted by molar-refractivity contribution is 0.0946. The van der Waals surface area contributed by atoms with Crippen molar-refractivity contribution in [2.45, 2.75) is 25.7 Å². The summed E-state index contributed by atoms with van der Waals surface area (Å²) in [7, 11) is 0. The van der Waals surface area contributed by atoms with Gasteiger partial charge in [0.1, 0.15) is 11.5 Å². The number of nitrogens with one attached hydrogen (secondary N) is 1. The summed E-state index contributed by atoms with van der Waals surface area (Å²) in [6.07, 6.45) is 0. The van der Waals surface area contributed by atoms with Gasteiger partial charge in [-0.2, -0.15) is 0 Å². The molecule has 0 spiro atoms. The van der Waals surface area contributed by atoms with Crippen LogP contribution >= 0.6 is 27.5 Å². The molecule has 1 heterocycles. The maximum atomic E-state index is 13.4. The van der Waals surface area contributed by atoms with Crippen LogP contribution in [0.25, 0.3) is 11.3 Å². The predicted molar refractivity (Wildman–Crippen MR) is 114 cm³/mol. The SMILES string of the molecule is Cc1cc(CNC(=O)c2cc(CBr)cc(-c3ccc(F)cc3C)n2)ccc1Cl. The second-order valence-electron chi connectivity index (χ2n) is 6.60. The van der Waals surface area contributed by atoms with Gasteiger partial charge in [0.05, 0.1) is 5.69 Å². The summed E-state index contributed by atoms with van der Waals surface area (Å²) >= 11 is 9.48. The molecule has 0 aliphatic carbocycles. The maximum absolute atomic E-state index is 13.4. The Morgan fingerprint density at radius 3 is 2.54 bits per heavy atom. The van der Waals surface area contributed by atoms with Crippen molar-refractivity contribution in [1.82, 2.24) is 10.3 Å². The first-order valence-corrected chi connectivity index (χ1v) is 10.2. The van der Waals surface area contributed by atoms with Gasteiger partial charge in [0.25, 0.3) is 5.91 Å². The zero-order chi connectivity index (χ0) is 20.3. The van der Waals surface area contributed by atoms with E-state index in [1.54, 1.807) is 12.1 Å². The van der Waals surface area contributed by atoms with Gasteiger partial charge in [-0.05, 0) is 72.5 Å². The molecule has 0 saturated carbocycles. The standard InChI is InChI=1S/C22H19BrClFN2O/c1-13-8-17(25)4-5-18(13)20-9-16(11-23)10-21(27-20)22(28)26-12-15-3-6-19(24)14(2)7-15/h3-10H,11-12H2,1-2H3,(H,26,28). The molecule has 0 bridgehead atoms. The van der Waals surface area contributed by atoms with Crippen LogP contribution in [0.2, 0.25) is 5.02 Å². The van der Waals surface area contributed by atoms with Crippen LogP contribution in [0.3, 0.4) is 0 Å². The van der Waals surface area contributed by atoms with Crippen LogP contribution in [-0.2, 0) is 11.9 Å². The highest BCUT2D eigenvalue weighted by Crippen LogP contribution is 2.25. The summed E-state index contributed by atoms with van der Waals surface area (Å²) in [6, 6.07) is 13.8. The summed E-state index contributed by atoms with van der Waals surface area (Å²) in [5.74, 6) is -0.564. The first kappa shape index (κ1) is 20.5. The molecule has 0 fully saturated rings. The summed E-state index contributed by atoms with van der Waals surface area (Å²) in [5, 5.41) is 4.17. The van der Waals surface area contributed by atoms with Crippen molar-refractivity contribution < 1.29 is 9.18 Å². The Morgan fingerprint density at radius 2 is 1.86 bits per heavy atom. The van der Waals surface area contributed by atoms with E-state index in [2.05, 4.69) is 26.2 Å². The van der Waals surface area contributed by atoms with Crippen molar-refractivity contribution in [2.24, 2.45) is 0 Å². The molecule has 0 radical (unpaired) electrons. The fraction of sp³-hybridized carbons (Fsp3) is 0.182. The number of hydrogen-bond donors (Lipinski definition) is 1. The molecule has 3 rings (SSSR count). The molecule has 3 aromatic rings. The van der Waals surface area contributed by atoms with E-state index in [4.69, 9.17) is 11.6 Å². The zero-order valence-electron chi connectivity index (χ0n) is 15.5. The number of aryl methyl sites for hydroxylation is 2. The third-order valence-corrected chi connectivity index (χ3v) is 5.48. The molecule has 1 aromatic heterocycles. The Hall–Kier alpha value is -2.24. The molecule has 0 atom stereocenters. The van der Waals surface area contributed by atoms with Gasteiger partial charge in [0.2, 0.25) is 0 Å². The summed E-state index contributed by atoms with van der Waals surface area (Å²) in [5.41, 5.74) is 5.36. The van der Waals surface area contributed by atoms with Gasteiger partial charge < -0.3 is 5.32 Å². The zero-order valence-corrected chi connectivity index (χ0v) is 17.9. The number of carbonyl (C=O) groups is 1. The number of carbonyl (C=O) groups excluding carboxylic acids is 1. The number of halogens is 3. The topological polar surface area (TPSA) is 42.0 Å². The minimum absolute atomic E-state index is 0.267. The van der Waals surface area contributed by atoms with Crippen molar-refractivity contribution in [3.8, 4) is 11.3 Å². The Balaban J connectivity index is 1.86. The minimum atomic E-state index is -0.297. The van der Waals surface area contributed by atoms with Gasteiger partial charge in [0, 0.05) is 22.5 Å². The molecule has 3 nitrogen and oxygen atoms in total. The molecule has 0 unspecified atom stereocenters. The number of benzene rings is 2. The van der Waals surface area contributed by atoms with Gasteiger partial charge in [0.15, 0.2) is 0 Å². The number of alkyl halides is 1. The lowest BCUT2D eigenvalue weighted by atomic mass is 10.0. The first-order chi connectivity index (χ1) is 13.4. The summed E-state index contributed by atoms with van der Waals surface area (Å²) in [4.78, 5) is 17.2. The number of nitrogens with zero attached hydrogens (tertiary/aromatic N) is 1. The molecule has 0 saturated heterocycles. The molecule has 0 aliphatic heterocycles. The average molecular weight is 462 g/mol. The predicted octanol–water partition coefficient (Wildman–Crippen LogP) is 5.98.